The number of nitrogens with two attached hydrogens (primary N) is 1. The molecule has 0 aliphatic carbocycles. The summed E-state index contributed by atoms with van der Waals surface area (Å²) in [6.07, 6.45) is 1.61. The van der Waals surface area contributed by atoms with Gasteiger partial charge in [-0.25, -0.2) is 9.97 Å². The number of hydrogen-bond acceptors (Lipinski definition) is 4. The summed E-state index contributed by atoms with van der Waals surface area (Å²) in [4.78, 5) is 8.50. The summed E-state index contributed by atoms with van der Waals surface area (Å²) in [6.45, 7) is 2.04. The van der Waals surface area contributed by atoms with Crippen LogP contribution in [-0.2, 0) is 0 Å². The molecule has 0 atom stereocenters. The highest BCUT2D eigenvalue weighted by atomic mass is 16.3. The molecule has 0 radical (unpaired) electrons. The second kappa shape index (κ2) is 4.57. The summed E-state index contributed by atoms with van der Waals surface area (Å²) >= 11 is 0. The van der Waals surface area contributed by atoms with Gasteiger partial charge >= 0.3 is 0 Å². The van der Waals surface area contributed by atoms with Gasteiger partial charge in [-0.15, -0.1) is 0 Å². The molecule has 0 spiro atoms. The van der Waals surface area contributed by atoms with Gasteiger partial charge in [0.05, 0.1) is 12.0 Å². The van der Waals surface area contributed by atoms with Gasteiger partial charge in [0.15, 0.2) is 5.76 Å². The number of nitrogens with zero attached hydrogens (tertiary/aromatic N) is 2. The summed E-state index contributed by atoms with van der Waals surface area (Å²) in [5.74, 6) is 0.927. The van der Waals surface area contributed by atoms with Crippen LogP contribution in [0.1, 0.15) is 5.56 Å². The van der Waals surface area contributed by atoms with Gasteiger partial charge < -0.3 is 10.2 Å². The van der Waals surface area contributed by atoms with Crippen LogP contribution in [0.3, 0.4) is 0 Å². The Labute approximate surface area is 110 Å². The molecule has 94 valence electrons. The average molecular weight is 251 g/mol. The van der Waals surface area contributed by atoms with E-state index in [-0.39, 0.29) is 5.95 Å². The zero-order valence-electron chi connectivity index (χ0n) is 10.5. The second-order valence-electron chi connectivity index (χ2n) is 4.29. The molecular formula is C15H13N3O. The average Bonchev–Trinajstić information content (AvgIpc) is 2.92. The Balaban J connectivity index is 2.16. The lowest BCUT2D eigenvalue weighted by molar-refractivity contribution is 0.580. The van der Waals surface area contributed by atoms with Gasteiger partial charge in [-0.05, 0) is 30.7 Å². The molecule has 2 N–H and O–H groups in total. The lowest BCUT2D eigenvalue weighted by Crippen LogP contribution is -1.99. The Morgan fingerprint density at radius 3 is 2.53 bits per heavy atom. The Morgan fingerprint density at radius 2 is 1.79 bits per heavy atom. The fourth-order valence-corrected chi connectivity index (χ4v) is 2.01. The van der Waals surface area contributed by atoms with Gasteiger partial charge in [0.2, 0.25) is 5.95 Å². The number of benzene rings is 1. The molecular weight excluding hydrogens is 238 g/mol. The van der Waals surface area contributed by atoms with E-state index >= 15 is 0 Å². The number of aryl methyl sites for hydroxylation is 1. The van der Waals surface area contributed by atoms with Crippen LogP contribution in [0.15, 0.2) is 53.1 Å². The van der Waals surface area contributed by atoms with Gasteiger partial charge in [-0.3, -0.25) is 0 Å². The molecule has 1 aromatic carbocycles. The molecule has 0 bridgehead atoms. The molecule has 0 unspecified atom stereocenters. The zero-order chi connectivity index (χ0) is 13.2. The van der Waals surface area contributed by atoms with E-state index in [1.54, 1.807) is 6.26 Å². The lowest BCUT2D eigenvalue weighted by atomic mass is 10.0. The topological polar surface area (TPSA) is 64.9 Å². The Bertz CT molecular complexity index is 705. The fraction of sp³-hybridized carbons (Fsp3) is 0.0667. The number of furan rings is 1. The predicted molar refractivity (Wildman–Crippen MR) is 74.3 cm³/mol. The van der Waals surface area contributed by atoms with Crippen molar-refractivity contribution in [2.45, 2.75) is 6.92 Å². The standard InChI is InChI=1S/C15H13N3O/c1-10-5-2-3-6-11(10)12-9-13(18-15(16)17-12)14-7-4-8-19-14/h2-9H,1H3,(H2,16,17,18). The maximum Gasteiger partial charge on any atom is 0.221 e. The molecule has 0 aliphatic heterocycles. The SMILES string of the molecule is Cc1ccccc1-c1cc(-c2ccco2)nc(N)n1. The first-order chi connectivity index (χ1) is 9.24. The monoisotopic (exact) mass is 251 g/mol. The van der Waals surface area contributed by atoms with Crippen molar-refractivity contribution >= 4 is 5.95 Å². The van der Waals surface area contributed by atoms with E-state index in [2.05, 4.69) is 9.97 Å². The number of hydrogen-bond donors (Lipinski definition) is 1. The van der Waals surface area contributed by atoms with E-state index < -0.39 is 0 Å². The van der Waals surface area contributed by atoms with Gasteiger partial charge in [0.1, 0.15) is 5.69 Å². The third-order valence-corrected chi connectivity index (χ3v) is 2.94. The van der Waals surface area contributed by atoms with Crippen molar-refractivity contribution in [3.8, 4) is 22.7 Å². The van der Waals surface area contributed by atoms with Crippen LogP contribution in [0.2, 0.25) is 0 Å². The van der Waals surface area contributed by atoms with Gasteiger partial charge in [0.25, 0.3) is 0 Å². The van der Waals surface area contributed by atoms with Crippen LogP contribution in [0.25, 0.3) is 22.7 Å². The minimum Gasteiger partial charge on any atom is -0.463 e. The van der Waals surface area contributed by atoms with Crippen LogP contribution in [0.4, 0.5) is 5.95 Å². The third kappa shape index (κ3) is 2.20. The van der Waals surface area contributed by atoms with Gasteiger partial charge in [0, 0.05) is 5.56 Å². The Kier molecular flexibility index (Phi) is 2.76. The molecule has 0 aliphatic rings. The van der Waals surface area contributed by atoms with Crippen molar-refractivity contribution < 1.29 is 4.42 Å². The first kappa shape index (κ1) is 11.5. The molecule has 0 amide bonds. The van der Waals surface area contributed by atoms with E-state index in [4.69, 9.17) is 10.2 Å². The van der Waals surface area contributed by atoms with Crippen molar-refractivity contribution in [3.63, 3.8) is 0 Å². The van der Waals surface area contributed by atoms with E-state index in [1.807, 2.05) is 49.4 Å². The molecule has 0 saturated carbocycles. The molecule has 3 rings (SSSR count). The van der Waals surface area contributed by atoms with Crippen molar-refractivity contribution in [2.24, 2.45) is 0 Å². The van der Waals surface area contributed by atoms with Gasteiger partial charge in [-0.2, -0.15) is 0 Å². The van der Waals surface area contributed by atoms with Crippen LogP contribution >= 0.6 is 0 Å². The minimum absolute atomic E-state index is 0.243. The highest BCUT2D eigenvalue weighted by molar-refractivity contribution is 5.69. The molecule has 0 fully saturated rings. The zero-order valence-corrected chi connectivity index (χ0v) is 10.5. The van der Waals surface area contributed by atoms with E-state index in [0.717, 1.165) is 16.8 Å². The quantitative estimate of drug-likeness (QED) is 0.759. The fourth-order valence-electron chi connectivity index (χ4n) is 2.01. The lowest BCUT2D eigenvalue weighted by Gasteiger charge is -2.07. The third-order valence-electron chi connectivity index (χ3n) is 2.94. The highest BCUT2D eigenvalue weighted by Crippen LogP contribution is 2.26. The first-order valence-electron chi connectivity index (χ1n) is 5.98. The molecule has 0 saturated heterocycles. The maximum atomic E-state index is 5.79. The summed E-state index contributed by atoms with van der Waals surface area (Å²) in [6, 6.07) is 13.6. The van der Waals surface area contributed by atoms with Crippen molar-refractivity contribution in [2.75, 3.05) is 5.73 Å². The highest BCUT2D eigenvalue weighted by Gasteiger charge is 2.09. The number of aromatic nitrogens is 2. The summed E-state index contributed by atoms with van der Waals surface area (Å²) in [5.41, 5.74) is 9.47. The van der Waals surface area contributed by atoms with Crippen LogP contribution in [0, 0.1) is 6.92 Å². The summed E-state index contributed by atoms with van der Waals surface area (Å²) in [5, 5.41) is 0. The molecule has 3 aromatic rings. The molecule has 4 heteroatoms. The molecule has 19 heavy (non-hydrogen) atoms. The van der Waals surface area contributed by atoms with E-state index in [1.165, 1.54) is 0 Å². The van der Waals surface area contributed by atoms with Crippen LogP contribution in [-0.4, -0.2) is 9.97 Å². The largest absolute Gasteiger partial charge is 0.463 e. The van der Waals surface area contributed by atoms with E-state index in [0.29, 0.717) is 11.5 Å². The van der Waals surface area contributed by atoms with E-state index in [9.17, 15) is 0 Å². The Morgan fingerprint density at radius 1 is 1.00 bits per heavy atom. The predicted octanol–water partition coefficient (Wildman–Crippen LogP) is 3.29. The van der Waals surface area contributed by atoms with Crippen LogP contribution in [0.5, 0.6) is 0 Å². The summed E-state index contributed by atoms with van der Waals surface area (Å²) in [7, 11) is 0. The number of rotatable bonds is 2. The van der Waals surface area contributed by atoms with Crippen molar-refractivity contribution in [1.29, 1.82) is 0 Å². The number of anilines is 1. The minimum atomic E-state index is 0.243. The van der Waals surface area contributed by atoms with Gasteiger partial charge in [-0.1, -0.05) is 24.3 Å². The van der Waals surface area contributed by atoms with Crippen LogP contribution < -0.4 is 5.73 Å². The molecule has 4 nitrogen and oxygen atoms in total. The first-order valence-corrected chi connectivity index (χ1v) is 5.98. The van der Waals surface area contributed by atoms with Crippen molar-refractivity contribution in [3.05, 3.63) is 54.3 Å². The maximum absolute atomic E-state index is 5.79. The molecule has 2 heterocycles. The smallest absolute Gasteiger partial charge is 0.221 e. The summed E-state index contributed by atoms with van der Waals surface area (Å²) < 4.78 is 5.35. The number of nitrogen functional groups attached to an aromatic ring is 1. The Hall–Kier alpha value is -2.62. The molecule has 2 aromatic heterocycles. The van der Waals surface area contributed by atoms with Crippen molar-refractivity contribution in [1.82, 2.24) is 9.97 Å². The normalized spacial score (nSPS) is 10.6. The second-order valence-corrected chi connectivity index (χ2v) is 4.29.